The summed E-state index contributed by atoms with van der Waals surface area (Å²) in [5.74, 6) is 8.00. The van der Waals surface area contributed by atoms with Crippen molar-refractivity contribution in [2.75, 3.05) is 0 Å². The zero-order valence-electron chi connectivity index (χ0n) is 2.15. The Bertz CT molecular complexity index is 6.00. The fraction of sp³-hybridized carbons (Fsp3) is 0. The summed E-state index contributed by atoms with van der Waals surface area (Å²) in [6.45, 7) is 0. The van der Waals surface area contributed by atoms with Crippen LogP contribution in [0.15, 0.2) is 0 Å². The van der Waals surface area contributed by atoms with E-state index in [-0.39, 0.29) is 29.1 Å². The van der Waals surface area contributed by atoms with E-state index in [4.69, 9.17) is 0 Å². The molecule has 0 aliphatic heterocycles. The van der Waals surface area contributed by atoms with E-state index in [0.29, 0.717) is 0 Å². The molecule has 0 bridgehead atoms. The van der Waals surface area contributed by atoms with Crippen LogP contribution in [0.1, 0.15) is 0 Å². The van der Waals surface area contributed by atoms with E-state index in [9.17, 15) is 0 Å². The van der Waals surface area contributed by atoms with Gasteiger partial charge in [0, 0.05) is 0 Å². The second-order valence-corrected chi connectivity index (χ2v) is 0. The minimum absolute atomic E-state index is 0. The Balaban J connectivity index is -0.00000000500. The van der Waals surface area contributed by atoms with Crippen LogP contribution in [0.5, 0.6) is 0 Å². The van der Waals surface area contributed by atoms with E-state index < -0.39 is 0 Å². The maximum absolute atomic E-state index is 4.00. The topological polar surface area (TPSA) is 83.5 Å². The zero-order valence-corrected chi connectivity index (χ0v) is 5.01. The Kier molecular flexibility index (Phi) is 329. The molecule has 0 saturated heterocycles. The predicted octanol–water partition coefficient (Wildman–Crippen LogP) is -2.92. The van der Waals surface area contributed by atoms with Crippen molar-refractivity contribution < 1.29 is 5.48 Å². The van der Waals surface area contributed by atoms with E-state index in [0.717, 1.165) is 0 Å². The van der Waals surface area contributed by atoms with E-state index in [2.05, 4.69) is 11.7 Å². The quantitative estimate of drug-likeness (QED) is 0.237. The zero-order chi connectivity index (χ0) is 2.00. The molecule has 6 N–H and O–H groups in total. The normalized spacial score (nSPS) is 1.50. The van der Waals surface area contributed by atoms with Crippen molar-refractivity contribution in [3.63, 3.8) is 0 Å². The standard InChI is InChI=1S/H4N2.H2O.H2Te/c1-2;;/h1-2H2;2*1H2. The van der Waals surface area contributed by atoms with Crippen molar-refractivity contribution in [3.8, 4) is 0 Å². The van der Waals surface area contributed by atoms with Gasteiger partial charge in [-0.05, 0) is 0 Å². The van der Waals surface area contributed by atoms with Gasteiger partial charge >= 0.3 is 23.7 Å². The second-order valence-electron chi connectivity index (χ2n) is 0. The fourth-order valence-corrected chi connectivity index (χ4v) is 0. The first kappa shape index (κ1) is 22.6. The van der Waals surface area contributed by atoms with Gasteiger partial charge in [-0.25, -0.2) is 0 Å². The number of hydrazine groups is 1. The average molecular weight is 180 g/mol. The van der Waals surface area contributed by atoms with Crippen LogP contribution in [0, 0.1) is 0 Å². The van der Waals surface area contributed by atoms with Gasteiger partial charge in [0.1, 0.15) is 0 Å². The molecule has 0 aromatic rings. The van der Waals surface area contributed by atoms with Crippen molar-refractivity contribution in [2.24, 2.45) is 11.7 Å². The van der Waals surface area contributed by atoms with Crippen LogP contribution < -0.4 is 11.7 Å². The molecule has 0 unspecified atom stereocenters. The second kappa shape index (κ2) is 58.3. The van der Waals surface area contributed by atoms with Gasteiger partial charge in [-0.2, -0.15) is 0 Å². The first-order valence-electron chi connectivity index (χ1n) is 0.333. The van der Waals surface area contributed by atoms with Gasteiger partial charge in [-0.3, -0.25) is 11.7 Å². The summed E-state index contributed by atoms with van der Waals surface area (Å²) in [5, 5.41) is 0. The SMILES string of the molecule is NN.O.[TeH2]. The number of rotatable bonds is 0. The molecule has 0 rings (SSSR count). The monoisotopic (exact) mass is 182 g/mol. The maximum atomic E-state index is 4.00. The number of nitrogens with two attached hydrogens (primary N) is 2. The van der Waals surface area contributed by atoms with Crippen LogP contribution in [0.2, 0.25) is 0 Å². The van der Waals surface area contributed by atoms with Crippen molar-refractivity contribution in [3.05, 3.63) is 0 Å². The molecule has 0 saturated carbocycles. The van der Waals surface area contributed by atoms with Crippen LogP contribution in [-0.4, -0.2) is 29.1 Å². The summed E-state index contributed by atoms with van der Waals surface area (Å²) in [4.78, 5) is 0. The summed E-state index contributed by atoms with van der Waals surface area (Å²) in [6, 6.07) is 0. The van der Waals surface area contributed by atoms with Crippen LogP contribution in [0.25, 0.3) is 0 Å². The van der Waals surface area contributed by atoms with Gasteiger partial charge in [0.05, 0.1) is 0 Å². The molecule has 0 amide bonds. The fourth-order valence-electron chi connectivity index (χ4n) is 0. The molecule has 0 fully saturated rings. The van der Waals surface area contributed by atoms with Crippen molar-refractivity contribution >= 4 is 23.7 Å². The molecule has 0 radical (unpaired) electrons. The van der Waals surface area contributed by atoms with Gasteiger partial charge in [-0.1, -0.05) is 0 Å². The van der Waals surface area contributed by atoms with E-state index >= 15 is 0 Å². The molecule has 30 valence electrons. The van der Waals surface area contributed by atoms with Crippen molar-refractivity contribution in [1.82, 2.24) is 0 Å². The molecule has 0 aromatic carbocycles. The Morgan fingerprint density at radius 3 is 1.00 bits per heavy atom. The molecule has 0 aromatic heterocycles. The predicted molar refractivity (Wildman–Crippen MR) is 20.5 cm³/mol. The molecule has 0 aliphatic carbocycles. The van der Waals surface area contributed by atoms with Crippen LogP contribution in [0.4, 0.5) is 0 Å². The van der Waals surface area contributed by atoms with Gasteiger partial charge < -0.3 is 5.48 Å². The molecule has 0 heterocycles. The summed E-state index contributed by atoms with van der Waals surface area (Å²) >= 11 is 0. The Hall–Kier alpha value is 0.670. The van der Waals surface area contributed by atoms with Crippen molar-refractivity contribution in [1.29, 1.82) is 0 Å². The van der Waals surface area contributed by atoms with E-state index in [1.165, 1.54) is 0 Å². The third-order valence-corrected chi connectivity index (χ3v) is 0. The minimum atomic E-state index is 0. The summed E-state index contributed by atoms with van der Waals surface area (Å²) in [6.07, 6.45) is 0. The number of hydrogen-bond donors (Lipinski definition) is 2. The first-order valence-corrected chi connectivity index (χ1v) is 0.333. The Morgan fingerprint density at radius 1 is 1.00 bits per heavy atom. The van der Waals surface area contributed by atoms with Gasteiger partial charge in [0.25, 0.3) is 0 Å². The van der Waals surface area contributed by atoms with E-state index in [1.54, 1.807) is 0 Å². The van der Waals surface area contributed by atoms with Crippen LogP contribution in [0.3, 0.4) is 0 Å². The molecule has 4 heteroatoms. The summed E-state index contributed by atoms with van der Waals surface area (Å²) in [7, 11) is 0. The van der Waals surface area contributed by atoms with Crippen molar-refractivity contribution in [2.45, 2.75) is 0 Å². The number of hydrogen-bond acceptors (Lipinski definition) is 2. The summed E-state index contributed by atoms with van der Waals surface area (Å²) < 4.78 is 0. The van der Waals surface area contributed by atoms with E-state index in [1.807, 2.05) is 0 Å². The van der Waals surface area contributed by atoms with Gasteiger partial charge in [0.2, 0.25) is 0 Å². The molecular formula is H8N2OTe. The Labute approximate surface area is 41.4 Å². The van der Waals surface area contributed by atoms with Crippen LogP contribution >= 0.6 is 0 Å². The average Bonchev–Trinajstić information content (AvgIpc) is 1.00. The molecule has 4 heavy (non-hydrogen) atoms. The first-order chi connectivity index (χ1) is 1.00. The van der Waals surface area contributed by atoms with Crippen LogP contribution in [-0.2, 0) is 0 Å². The molecule has 0 spiro atoms. The molecule has 0 aliphatic rings. The third kappa shape index (κ3) is 16.6. The summed E-state index contributed by atoms with van der Waals surface area (Å²) in [5.41, 5.74) is 0. The van der Waals surface area contributed by atoms with Gasteiger partial charge in [0.15, 0.2) is 0 Å². The molecular weight excluding hydrogens is 172 g/mol. The third-order valence-electron chi connectivity index (χ3n) is 0. The molecule has 0 atom stereocenters. The Morgan fingerprint density at radius 2 is 1.00 bits per heavy atom. The van der Waals surface area contributed by atoms with Gasteiger partial charge in [-0.15, -0.1) is 0 Å². The molecule has 3 nitrogen and oxygen atoms in total.